The van der Waals surface area contributed by atoms with Gasteiger partial charge in [0.2, 0.25) is 5.82 Å². The summed E-state index contributed by atoms with van der Waals surface area (Å²) in [4.78, 5) is 20.4. The molecule has 3 rings (SSSR count). The molecule has 0 saturated heterocycles. The summed E-state index contributed by atoms with van der Waals surface area (Å²) < 4.78 is 1.61. The van der Waals surface area contributed by atoms with E-state index in [4.69, 9.17) is 11.6 Å². The van der Waals surface area contributed by atoms with Gasteiger partial charge in [-0.05, 0) is 42.8 Å². The summed E-state index contributed by atoms with van der Waals surface area (Å²) in [6.07, 6.45) is 3.38. The average Bonchev–Trinajstić information content (AvgIpc) is 2.96. The third-order valence-electron chi connectivity index (χ3n) is 3.22. The zero-order chi connectivity index (χ0) is 16.2. The van der Waals surface area contributed by atoms with E-state index in [-0.39, 0.29) is 11.7 Å². The maximum Gasteiger partial charge on any atom is 0.291 e. The van der Waals surface area contributed by atoms with Crippen molar-refractivity contribution < 1.29 is 4.79 Å². The summed E-state index contributed by atoms with van der Waals surface area (Å²) >= 11 is 5.88. The lowest BCUT2D eigenvalue weighted by Crippen LogP contribution is -2.24. The molecule has 1 N–H and O–H groups in total. The predicted molar refractivity (Wildman–Crippen MR) is 86.5 cm³/mol. The second-order valence-electron chi connectivity index (χ2n) is 4.91. The molecule has 0 atom stereocenters. The molecule has 1 aromatic carbocycles. The monoisotopic (exact) mass is 327 g/mol. The van der Waals surface area contributed by atoms with Gasteiger partial charge in [-0.3, -0.25) is 9.78 Å². The number of carbonyl (C=O) groups excluding carboxylic acids is 1. The highest BCUT2D eigenvalue weighted by Gasteiger charge is 2.15. The molecule has 1 amide bonds. The molecule has 7 heteroatoms. The van der Waals surface area contributed by atoms with Gasteiger partial charge in [0.1, 0.15) is 5.82 Å². The van der Waals surface area contributed by atoms with Crippen molar-refractivity contribution in [3.8, 4) is 5.69 Å². The average molecular weight is 328 g/mol. The van der Waals surface area contributed by atoms with Gasteiger partial charge in [-0.2, -0.15) is 0 Å². The minimum absolute atomic E-state index is 0.126. The van der Waals surface area contributed by atoms with Crippen LogP contribution in [0.3, 0.4) is 0 Å². The van der Waals surface area contributed by atoms with Crippen molar-refractivity contribution in [2.45, 2.75) is 13.5 Å². The number of hydrogen-bond donors (Lipinski definition) is 1. The first-order chi connectivity index (χ1) is 11.1. The van der Waals surface area contributed by atoms with E-state index < -0.39 is 0 Å². The van der Waals surface area contributed by atoms with Crippen molar-refractivity contribution in [1.82, 2.24) is 25.1 Å². The third-order valence-corrected chi connectivity index (χ3v) is 3.47. The van der Waals surface area contributed by atoms with Gasteiger partial charge < -0.3 is 5.32 Å². The Bertz CT molecular complexity index is 814. The fraction of sp³-hybridized carbons (Fsp3) is 0.125. The Morgan fingerprint density at radius 1 is 1.26 bits per heavy atom. The number of pyridine rings is 1. The Kier molecular flexibility index (Phi) is 4.34. The Morgan fingerprint density at radius 2 is 2.04 bits per heavy atom. The van der Waals surface area contributed by atoms with Crippen LogP contribution >= 0.6 is 11.6 Å². The molecule has 116 valence electrons. The maximum absolute atomic E-state index is 12.2. The number of benzene rings is 1. The minimum Gasteiger partial charge on any atom is -0.345 e. The molecule has 0 spiro atoms. The maximum atomic E-state index is 12.2. The molecule has 0 fully saturated rings. The minimum atomic E-state index is -0.329. The van der Waals surface area contributed by atoms with Crippen LogP contribution in [-0.2, 0) is 6.54 Å². The molecule has 0 bridgehead atoms. The number of rotatable bonds is 4. The zero-order valence-corrected chi connectivity index (χ0v) is 13.2. The van der Waals surface area contributed by atoms with Crippen LogP contribution in [0.5, 0.6) is 0 Å². The summed E-state index contributed by atoms with van der Waals surface area (Å²) in [5, 5.41) is 7.67. The lowest BCUT2D eigenvalue weighted by Gasteiger charge is -2.03. The molecule has 0 unspecified atom stereocenters. The Labute approximate surface area is 138 Å². The second-order valence-corrected chi connectivity index (χ2v) is 5.35. The van der Waals surface area contributed by atoms with Crippen molar-refractivity contribution in [3.63, 3.8) is 0 Å². The van der Waals surface area contributed by atoms with Crippen LogP contribution in [0.1, 0.15) is 22.0 Å². The molecular formula is C16H14ClN5O. The van der Waals surface area contributed by atoms with Gasteiger partial charge in [0.05, 0.1) is 5.69 Å². The molecule has 2 heterocycles. The molecule has 0 aliphatic carbocycles. The van der Waals surface area contributed by atoms with Gasteiger partial charge >= 0.3 is 0 Å². The van der Waals surface area contributed by atoms with E-state index in [1.165, 1.54) is 0 Å². The van der Waals surface area contributed by atoms with E-state index in [0.717, 1.165) is 11.3 Å². The first-order valence-corrected chi connectivity index (χ1v) is 7.38. The molecular weight excluding hydrogens is 314 g/mol. The molecule has 6 nitrogen and oxygen atoms in total. The highest BCUT2D eigenvalue weighted by molar-refractivity contribution is 6.30. The van der Waals surface area contributed by atoms with Gasteiger partial charge in [0.15, 0.2) is 0 Å². The van der Waals surface area contributed by atoms with Crippen LogP contribution in [0.4, 0.5) is 0 Å². The highest BCUT2D eigenvalue weighted by atomic mass is 35.5. The third kappa shape index (κ3) is 3.54. The van der Waals surface area contributed by atoms with Gasteiger partial charge in [0, 0.05) is 24.0 Å². The fourth-order valence-corrected chi connectivity index (χ4v) is 2.20. The zero-order valence-electron chi connectivity index (χ0n) is 12.4. The number of hydrogen-bond acceptors (Lipinski definition) is 4. The van der Waals surface area contributed by atoms with Crippen LogP contribution in [0.25, 0.3) is 5.69 Å². The molecule has 3 aromatic rings. The summed E-state index contributed by atoms with van der Waals surface area (Å²) in [5.41, 5.74) is 1.71. The van der Waals surface area contributed by atoms with E-state index in [1.807, 2.05) is 24.3 Å². The second kappa shape index (κ2) is 6.58. The van der Waals surface area contributed by atoms with Crippen LogP contribution in [-0.4, -0.2) is 25.7 Å². The standard InChI is InChI=1S/C16H14ClN5O/c1-11-20-15(16(23)19-10-12-3-2-8-18-9-12)21-22(11)14-6-4-13(17)5-7-14/h2-9H,10H2,1H3,(H,19,23). The van der Waals surface area contributed by atoms with Gasteiger partial charge in [-0.25, -0.2) is 9.67 Å². The Morgan fingerprint density at radius 3 is 2.74 bits per heavy atom. The molecule has 2 aromatic heterocycles. The number of carbonyl (C=O) groups is 1. The summed E-state index contributed by atoms with van der Waals surface area (Å²) in [7, 11) is 0. The summed E-state index contributed by atoms with van der Waals surface area (Å²) in [5.74, 6) is 0.421. The fourth-order valence-electron chi connectivity index (χ4n) is 2.08. The van der Waals surface area contributed by atoms with Crippen molar-refractivity contribution in [1.29, 1.82) is 0 Å². The van der Waals surface area contributed by atoms with Gasteiger partial charge in [-0.1, -0.05) is 17.7 Å². The SMILES string of the molecule is Cc1nc(C(=O)NCc2cccnc2)nn1-c1ccc(Cl)cc1. The Hall–Kier alpha value is -2.73. The van der Waals surface area contributed by atoms with Crippen LogP contribution in [0.15, 0.2) is 48.8 Å². The van der Waals surface area contributed by atoms with E-state index in [9.17, 15) is 4.79 Å². The summed E-state index contributed by atoms with van der Waals surface area (Å²) in [6, 6.07) is 10.9. The van der Waals surface area contributed by atoms with Crippen LogP contribution in [0, 0.1) is 6.92 Å². The van der Waals surface area contributed by atoms with Crippen LogP contribution in [0.2, 0.25) is 5.02 Å². The number of halogens is 1. The quantitative estimate of drug-likeness (QED) is 0.799. The van der Waals surface area contributed by atoms with Crippen LogP contribution < -0.4 is 5.32 Å². The number of nitrogens with one attached hydrogen (secondary N) is 1. The molecule has 0 aliphatic rings. The number of aromatic nitrogens is 4. The molecule has 0 radical (unpaired) electrons. The van der Waals surface area contributed by atoms with E-state index in [0.29, 0.717) is 17.4 Å². The topological polar surface area (TPSA) is 72.7 Å². The Balaban J connectivity index is 1.75. The van der Waals surface area contributed by atoms with Crippen molar-refractivity contribution in [2.75, 3.05) is 0 Å². The first-order valence-electron chi connectivity index (χ1n) is 7.00. The molecule has 0 aliphatic heterocycles. The highest BCUT2D eigenvalue weighted by Crippen LogP contribution is 2.14. The van der Waals surface area contributed by atoms with Crippen molar-refractivity contribution in [2.24, 2.45) is 0 Å². The van der Waals surface area contributed by atoms with E-state index >= 15 is 0 Å². The number of nitrogens with zero attached hydrogens (tertiary/aromatic N) is 4. The smallest absolute Gasteiger partial charge is 0.291 e. The van der Waals surface area contributed by atoms with Gasteiger partial charge in [0.25, 0.3) is 5.91 Å². The van der Waals surface area contributed by atoms with E-state index in [1.54, 1.807) is 36.1 Å². The van der Waals surface area contributed by atoms with Crippen molar-refractivity contribution in [3.05, 3.63) is 71.0 Å². The summed E-state index contributed by atoms with van der Waals surface area (Å²) in [6.45, 7) is 2.17. The van der Waals surface area contributed by atoms with Crippen molar-refractivity contribution >= 4 is 17.5 Å². The van der Waals surface area contributed by atoms with Gasteiger partial charge in [-0.15, -0.1) is 5.10 Å². The molecule has 23 heavy (non-hydrogen) atoms. The number of aryl methyl sites for hydroxylation is 1. The lowest BCUT2D eigenvalue weighted by atomic mass is 10.3. The predicted octanol–water partition coefficient (Wildman–Crippen LogP) is 2.55. The lowest BCUT2D eigenvalue weighted by molar-refractivity contribution is 0.0940. The van der Waals surface area contributed by atoms with E-state index in [2.05, 4.69) is 20.4 Å². The normalized spacial score (nSPS) is 10.5. The first kappa shape index (κ1) is 15.2. The number of amides is 1. The largest absolute Gasteiger partial charge is 0.345 e. The molecule has 0 saturated carbocycles.